The van der Waals surface area contributed by atoms with E-state index in [2.05, 4.69) is 48.2 Å². The molecule has 0 radical (unpaired) electrons. The Hall–Kier alpha value is -3.59. The molecule has 1 aromatic heterocycles. The number of nitriles is 1. The molecule has 6 heteroatoms. The van der Waals surface area contributed by atoms with Crippen molar-refractivity contribution >= 4 is 11.8 Å². The number of nitrogens with zero attached hydrogens (tertiary/aromatic N) is 4. The number of rotatable bonds is 7. The van der Waals surface area contributed by atoms with Gasteiger partial charge in [0.15, 0.2) is 5.82 Å². The molecule has 4 rings (SSSR count). The van der Waals surface area contributed by atoms with Crippen LogP contribution in [0, 0.1) is 25.2 Å². The predicted octanol–water partition coefficient (Wildman–Crippen LogP) is 4.72. The van der Waals surface area contributed by atoms with Crippen molar-refractivity contribution in [3.05, 3.63) is 76.0 Å². The van der Waals surface area contributed by atoms with Gasteiger partial charge in [-0.05, 0) is 68.4 Å². The van der Waals surface area contributed by atoms with Crippen LogP contribution in [0.5, 0.6) is 0 Å². The van der Waals surface area contributed by atoms with Crippen molar-refractivity contribution in [3.63, 3.8) is 0 Å². The Labute approximate surface area is 188 Å². The van der Waals surface area contributed by atoms with Gasteiger partial charge in [-0.3, -0.25) is 4.79 Å². The zero-order valence-electron chi connectivity index (χ0n) is 18.6. The van der Waals surface area contributed by atoms with Gasteiger partial charge in [-0.15, -0.1) is 0 Å². The summed E-state index contributed by atoms with van der Waals surface area (Å²) >= 11 is 0. The molecule has 2 heterocycles. The minimum Gasteiger partial charge on any atom is -0.481 e. The molecule has 0 atom stereocenters. The minimum absolute atomic E-state index is 0.231. The molecule has 164 valence electrons. The predicted molar refractivity (Wildman–Crippen MR) is 124 cm³/mol. The first-order valence-corrected chi connectivity index (χ1v) is 11.1. The summed E-state index contributed by atoms with van der Waals surface area (Å²) in [5.74, 6) is 0.129. The summed E-state index contributed by atoms with van der Waals surface area (Å²) in [4.78, 5) is 13.0. The third kappa shape index (κ3) is 4.52. The normalized spacial score (nSPS) is 13.0. The fraction of sp³-hybridized carbons (Fsp3) is 0.346. The maximum Gasteiger partial charge on any atom is 0.303 e. The van der Waals surface area contributed by atoms with Crippen molar-refractivity contribution in [2.24, 2.45) is 0 Å². The van der Waals surface area contributed by atoms with Crippen molar-refractivity contribution in [1.82, 2.24) is 9.78 Å². The zero-order chi connectivity index (χ0) is 22.7. The van der Waals surface area contributed by atoms with Crippen LogP contribution in [0.15, 0.2) is 42.5 Å². The van der Waals surface area contributed by atoms with Crippen molar-refractivity contribution in [2.75, 3.05) is 11.4 Å². The number of aliphatic carboxylic acids is 1. The molecule has 0 spiro atoms. The van der Waals surface area contributed by atoms with E-state index in [4.69, 9.17) is 10.2 Å². The summed E-state index contributed by atoms with van der Waals surface area (Å²) in [6, 6.07) is 17.2. The van der Waals surface area contributed by atoms with Gasteiger partial charge in [-0.25, -0.2) is 4.68 Å². The largest absolute Gasteiger partial charge is 0.481 e. The maximum absolute atomic E-state index is 10.7. The van der Waals surface area contributed by atoms with Crippen LogP contribution >= 0.6 is 0 Å². The second-order valence-electron chi connectivity index (χ2n) is 8.52. The first kappa shape index (κ1) is 21.6. The average Bonchev–Trinajstić information content (AvgIpc) is 3.12. The van der Waals surface area contributed by atoms with Gasteiger partial charge in [0, 0.05) is 19.5 Å². The van der Waals surface area contributed by atoms with Gasteiger partial charge in [0.2, 0.25) is 0 Å². The highest BCUT2D eigenvalue weighted by atomic mass is 16.4. The monoisotopic (exact) mass is 428 g/mol. The van der Waals surface area contributed by atoms with Crippen LogP contribution in [0.25, 0.3) is 5.69 Å². The third-order valence-electron chi connectivity index (χ3n) is 6.11. The Balaban J connectivity index is 1.57. The van der Waals surface area contributed by atoms with E-state index in [1.807, 2.05) is 23.7 Å². The van der Waals surface area contributed by atoms with Gasteiger partial charge < -0.3 is 10.0 Å². The first-order valence-electron chi connectivity index (χ1n) is 11.1. The second kappa shape index (κ2) is 9.27. The van der Waals surface area contributed by atoms with Gasteiger partial charge in [-0.1, -0.05) is 35.9 Å². The Morgan fingerprint density at radius 3 is 2.62 bits per heavy atom. The number of aromatic nitrogens is 2. The molecule has 1 N–H and O–H groups in total. The summed E-state index contributed by atoms with van der Waals surface area (Å²) in [5.41, 5.74) is 7.39. The van der Waals surface area contributed by atoms with Crippen molar-refractivity contribution in [2.45, 2.75) is 52.5 Å². The lowest BCUT2D eigenvalue weighted by Gasteiger charge is -2.31. The molecule has 32 heavy (non-hydrogen) atoms. The van der Waals surface area contributed by atoms with E-state index in [1.165, 1.54) is 22.3 Å². The number of hydrogen-bond acceptors (Lipinski definition) is 4. The highest BCUT2D eigenvalue weighted by Gasteiger charge is 2.25. The number of aryl methyl sites for hydroxylation is 3. The molecule has 1 aliphatic heterocycles. The van der Waals surface area contributed by atoms with Crippen molar-refractivity contribution < 1.29 is 9.90 Å². The van der Waals surface area contributed by atoms with Gasteiger partial charge in [0.05, 0.1) is 11.4 Å². The fourth-order valence-electron chi connectivity index (χ4n) is 4.35. The van der Waals surface area contributed by atoms with Crippen LogP contribution in [0.4, 0.5) is 5.82 Å². The Kier molecular flexibility index (Phi) is 6.27. The lowest BCUT2D eigenvalue weighted by molar-refractivity contribution is -0.137. The number of fused-ring (bicyclic) bond motifs is 1. The Morgan fingerprint density at radius 1 is 1.12 bits per heavy atom. The van der Waals surface area contributed by atoms with Crippen LogP contribution in [0.3, 0.4) is 0 Å². The number of carboxylic acid groups (broad SMARTS) is 1. The van der Waals surface area contributed by atoms with Crippen molar-refractivity contribution in [3.8, 4) is 11.8 Å². The fourth-order valence-corrected chi connectivity index (χ4v) is 4.35. The number of carboxylic acids is 1. The second-order valence-corrected chi connectivity index (χ2v) is 8.52. The molecule has 0 aliphatic carbocycles. The molecule has 0 amide bonds. The van der Waals surface area contributed by atoms with Crippen LogP contribution in [0.1, 0.15) is 52.8 Å². The Morgan fingerprint density at radius 2 is 1.91 bits per heavy atom. The van der Waals surface area contributed by atoms with Gasteiger partial charge >= 0.3 is 5.97 Å². The van der Waals surface area contributed by atoms with Crippen molar-refractivity contribution in [1.29, 1.82) is 5.26 Å². The van der Waals surface area contributed by atoms with E-state index in [-0.39, 0.29) is 6.42 Å². The number of carbonyl (C=O) groups is 1. The zero-order valence-corrected chi connectivity index (χ0v) is 18.6. The van der Waals surface area contributed by atoms with Gasteiger partial charge in [-0.2, -0.15) is 10.4 Å². The lowest BCUT2D eigenvalue weighted by atomic mass is 9.95. The SMILES string of the molecule is Cc1ccc(-n2nc(C)c(C#N)c2N2CCc3cc(CCCCC(=O)O)ccc3C2)cc1. The van der Waals surface area contributed by atoms with E-state index in [9.17, 15) is 10.1 Å². The summed E-state index contributed by atoms with van der Waals surface area (Å²) in [5, 5.41) is 23.3. The quantitative estimate of drug-likeness (QED) is 0.551. The number of benzene rings is 2. The van der Waals surface area contributed by atoms with Gasteiger partial charge in [0.25, 0.3) is 0 Å². The number of hydrogen-bond donors (Lipinski definition) is 1. The highest BCUT2D eigenvalue weighted by Crippen LogP contribution is 2.31. The summed E-state index contributed by atoms with van der Waals surface area (Å²) < 4.78 is 1.90. The molecule has 2 aromatic carbocycles. The highest BCUT2D eigenvalue weighted by molar-refractivity contribution is 5.66. The van der Waals surface area contributed by atoms with E-state index in [0.29, 0.717) is 12.0 Å². The maximum atomic E-state index is 10.7. The molecule has 0 fully saturated rings. The molecule has 6 nitrogen and oxygen atoms in total. The van der Waals surface area contributed by atoms with E-state index in [1.54, 1.807) is 0 Å². The lowest BCUT2D eigenvalue weighted by Crippen LogP contribution is -2.32. The summed E-state index contributed by atoms with van der Waals surface area (Å²) in [6.07, 6.45) is 3.63. The Bertz CT molecular complexity index is 1170. The van der Waals surface area contributed by atoms with Gasteiger partial charge in [0.1, 0.15) is 11.6 Å². The molecular formula is C26H28N4O2. The smallest absolute Gasteiger partial charge is 0.303 e. The molecule has 0 unspecified atom stereocenters. The van der Waals surface area contributed by atoms with E-state index >= 15 is 0 Å². The van der Waals surface area contributed by atoms with Crippen LogP contribution < -0.4 is 4.90 Å². The molecule has 0 saturated heterocycles. The van der Waals surface area contributed by atoms with Crippen LogP contribution in [-0.2, 0) is 24.2 Å². The summed E-state index contributed by atoms with van der Waals surface area (Å²) in [7, 11) is 0. The van der Waals surface area contributed by atoms with E-state index in [0.717, 1.165) is 49.6 Å². The molecule has 0 bridgehead atoms. The average molecular weight is 429 g/mol. The molecule has 3 aromatic rings. The summed E-state index contributed by atoms with van der Waals surface area (Å²) in [6.45, 7) is 5.50. The molecule has 0 saturated carbocycles. The minimum atomic E-state index is -0.729. The first-order chi connectivity index (χ1) is 15.5. The standard InChI is InChI=1S/C26H28N4O2/c1-18-7-11-23(12-8-18)30-26(24(16-27)19(2)28-30)29-14-13-21-15-20(9-10-22(21)17-29)5-3-4-6-25(31)32/h7-12,15H,3-6,13-14,17H2,1-2H3,(H,31,32). The number of anilines is 1. The topological polar surface area (TPSA) is 82.2 Å². The van der Waals surface area contributed by atoms with Crippen LogP contribution in [-0.4, -0.2) is 27.4 Å². The molecular weight excluding hydrogens is 400 g/mol. The number of unbranched alkanes of at least 4 members (excludes halogenated alkanes) is 1. The molecule has 1 aliphatic rings. The third-order valence-corrected chi connectivity index (χ3v) is 6.11. The van der Waals surface area contributed by atoms with E-state index < -0.39 is 5.97 Å². The van der Waals surface area contributed by atoms with Crippen LogP contribution in [0.2, 0.25) is 0 Å².